The minimum atomic E-state index is -0.677. The molecule has 1 unspecified atom stereocenters. The quantitative estimate of drug-likeness (QED) is 0.583. The Morgan fingerprint density at radius 2 is 1.50 bits per heavy atom. The molecule has 6 heteroatoms. The maximum atomic E-state index is 12.5. The van der Waals surface area contributed by atoms with Crippen LogP contribution in [0.3, 0.4) is 0 Å². The Kier molecular flexibility index (Phi) is 7.05. The van der Waals surface area contributed by atoms with E-state index in [0.717, 1.165) is 5.56 Å². The minimum absolute atomic E-state index is 0.109. The van der Waals surface area contributed by atoms with Crippen molar-refractivity contribution in [2.45, 2.75) is 20.0 Å². The Morgan fingerprint density at radius 1 is 0.833 bits per heavy atom. The van der Waals surface area contributed by atoms with Crippen molar-refractivity contribution in [3.8, 4) is 11.5 Å². The fourth-order valence-electron chi connectivity index (χ4n) is 2.73. The maximum Gasteiger partial charge on any atom is 0.265 e. The average Bonchev–Trinajstić information content (AvgIpc) is 2.73. The van der Waals surface area contributed by atoms with Crippen molar-refractivity contribution in [3.63, 3.8) is 0 Å². The van der Waals surface area contributed by atoms with Crippen molar-refractivity contribution in [2.24, 2.45) is 0 Å². The molecule has 0 spiro atoms. The molecule has 3 rings (SSSR count). The Morgan fingerprint density at radius 3 is 2.23 bits per heavy atom. The summed E-state index contributed by atoms with van der Waals surface area (Å²) in [6.45, 7) is 3.54. The molecular formula is C24H24N2O4. The van der Waals surface area contributed by atoms with Gasteiger partial charge in [-0.15, -0.1) is 0 Å². The maximum absolute atomic E-state index is 12.5. The number of rotatable bonds is 8. The molecule has 3 aromatic carbocycles. The van der Waals surface area contributed by atoms with Gasteiger partial charge < -0.3 is 20.1 Å². The molecule has 0 fully saturated rings. The number of para-hydroxylation sites is 1. The number of hydrogen-bond acceptors (Lipinski definition) is 4. The Bertz CT molecular complexity index is 1000. The number of carbonyl (C=O) groups is 2. The molecule has 0 aliphatic heterocycles. The van der Waals surface area contributed by atoms with Crippen LogP contribution in [-0.2, 0) is 9.59 Å². The average molecular weight is 404 g/mol. The van der Waals surface area contributed by atoms with Gasteiger partial charge in [0.15, 0.2) is 12.7 Å². The molecule has 0 radical (unpaired) electrons. The molecule has 2 N–H and O–H groups in total. The lowest BCUT2D eigenvalue weighted by Gasteiger charge is -2.15. The molecular weight excluding hydrogens is 380 g/mol. The van der Waals surface area contributed by atoms with Crippen molar-refractivity contribution in [1.82, 2.24) is 0 Å². The van der Waals surface area contributed by atoms with Gasteiger partial charge in [-0.1, -0.05) is 36.4 Å². The van der Waals surface area contributed by atoms with Gasteiger partial charge in [-0.05, 0) is 61.9 Å². The monoisotopic (exact) mass is 404 g/mol. The summed E-state index contributed by atoms with van der Waals surface area (Å²) in [6, 6.07) is 23.5. The van der Waals surface area contributed by atoms with Crippen molar-refractivity contribution >= 4 is 23.2 Å². The fourth-order valence-corrected chi connectivity index (χ4v) is 2.73. The zero-order chi connectivity index (χ0) is 21.3. The smallest absolute Gasteiger partial charge is 0.265 e. The van der Waals surface area contributed by atoms with E-state index < -0.39 is 6.10 Å². The molecule has 0 saturated heterocycles. The van der Waals surface area contributed by atoms with Gasteiger partial charge in [0.05, 0.1) is 0 Å². The largest absolute Gasteiger partial charge is 0.484 e. The number of carbonyl (C=O) groups excluding carboxylic acids is 2. The second kappa shape index (κ2) is 10.1. The molecule has 154 valence electrons. The van der Waals surface area contributed by atoms with Gasteiger partial charge in [-0.2, -0.15) is 0 Å². The third-order valence-electron chi connectivity index (χ3n) is 4.20. The van der Waals surface area contributed by atoms with Crippen LogP contribution in [-0.4, -0.2) is 24.5 Å². The van der Waals surface area contributed by atoms with Gasteiger partial charge in [-0.25, -0.2) is 0 Å². The van der Waals surface area contributed by atoms with Crippen LogP contribution in [0.5, 0.6) is 11.5 Å². The highest BCUT2D eigenvalue weighted by Gasteiger charge is 2.15. The van der Waals surface area contributed by atoms with Crippen LogP contribution in [0.2, 0.25) is 0 Å². The number of amides is 2. The number of nitrogens with one attached hydrogen (secondary N) is 2. The van der Waals surface area contributed by atoms with Gasteiger partial charge in [0.1, 0.15) is 11.5 Å². The number of anilines is 2. The van der Waals surface area contributed by atoms with Gasteiger partial charge >= 0.3 is 0 Å². The fraction of sp³-hybridized carbons (Fsp3) is 0.167. The van der Waals surface area contributed by atoms with Crippen molar-refractivity contribution in [3.05, 3.63) is 84.4 Å². The van der Waals surface area contributed by atoms with E-state index in [2.05, 4.69) is 10.6 Å². The zero-order valence-electron chi connectivity index (χ0n) is 16.9. The van der Waals surface area contributed by atoms with Crippen LogP contribution in [0.25, 0.3) is 0 Å². The topological polar surface area (TPSA) is 76.7 Å². The van der Waals surface area contributed by atoms with E-state index in [9.17, 15) is 9.59 Å². The summed E-state index contributed by atoms with van der Waals surface area (Å²) in [5, 5.41) is 5.56. The van der Waals surface area contributed by atoms with Gasteiger partial charge in [0, 0.05) is 11.4 Å². The zero-order valence-corrected chi connectivity index (χ0v) is 16.9. The Balaban J connectivity index is 1.52. The molecule has 2 amide bonds. The van der Waals surface area contributed by atoms with Crippen LogP contribution in [0.4, 0.5) is 11.4 Å². The van der Waals surface area contributed by atoms with E-state index in [0.29, 0.717) is 22.9 Å². The molecule has 0 aliphatic carbocycles. The number of hydrogen-bond donors (Lipinski definition) is 2. The molecule has 0 saturated carbocycles. The van der Waals surface area contributed by atoms with Gasteiger partial charge in [0.2, 0.25) is 0 Å². The van der Waals surface area contributed by atoms with Crippen LogP contribution in [0.1, 0.15) is 12.5 Å². The first kappa shape index (κ1) is 20.9. The van der Waals surface area contributed by atoms with Crippen LogP contribution >= 0.6 is 0 Å². The van der Waals surface area contributed by atoms with Crippen molar-refractivity contribution in [1.29, 1.82) is 0 Å². The van der Waals surface area contributed by atoms with E-state index in [-0.39, 0.29) is 18.4 Å². The number of benzene rings is 3. The molecule has 0 bridgehead atoms. The standard InChI is InChI=1S/C24H24N2O4/c1-17-8-6-13-22(14-17)30-18(2)24(28)26-20-10-7-9-19(15-20)25-23(27)16-29-21-11-4-3-5-12-21/h3-15,18H,16H2,1-2H3,(H,25,27)(H,26,28). The van der Waals surface area contributed by atoms with Gasteiger partial charge in [-0.3, -0.25) is 9.59 Å². The minimum Gasteiger partial charge on any atom is -0.484 e. The SMILES string of the molecule is Cc1cccc(OC(C)C(=O)Nc2cccc(NC(=O)COc3ccccc3)c2)c1. The molecule has 0 aliphatic rings. The second-order valence-electron chi connectivity index (χ2n) is 6.80. The molecule has 3 aromatic rings. The van der Waals surface area contributed by atoms with Crippen LogP contribution < -0.4 is 20.1 Å². The van der Waals surface area contributed by atoms with E-state index in [1.54, 1.807) is 43.3 Å². The van der Waals surface area contributed by atoms with Crippen LogP contribution in [0.15, 0.2) is 78.9 Å². The molecule has 6 nitrogen and oxygen atoms in total. The summed E-state index contributed by atoms with van der Waals surface area (Å²) in [5.41, 5.74) is 2.17. The van der Waals surface area contributed by atoms with Gasteiger partial charge in [0.25, 0.3) is 11.8 Å². The first-order valence-electron chi connectivity index (χ1n) is 9.61. The first-order chi connectivity index (χ1) is 14.5. The molecule has 0 heterocycles. The molecule has 30 heavy (non-hydrogen) atoms. The lowest BCUT2D eigenvalue weighted by Crippen LogP contribution is -2.30. The van der Waals surface area contributed by atoms with E-state index >= 15 is 0 Å². The second-order valence-corrected chi connectivity index (χ2v) is 6.80. The predicted octanol–water partition coefficient (Wildman–Crippen LogP) is 4.42. The lowest BCUT2D eigenvalue weighted by molar-refractivity contribution is -0.122. The summed E-state index contributed by atoms with van der Waals surface area (Å²) in [5.74, 6) is 0.680. The summed E-state index contributed by atoms with van der Waals surface area (Å²) >= 11 is 0. The highest BCUT2D eigenvalue weighted by Crippen LogP contribution is 2.18. The summed E-state index contributed by atoms with van der Waals surface area (Å²) < 4.78 is 11.1. The third kappa shape index (κ3) is 6.38. The highest BCUT2D eigenvalue weighted by atomic mass is 16.5. The number of aryl methyl sites for hydroxylation is 1. The third-order valence-corrected chi connectivity index (χ3v) is 4.20. The van der Waals surface area contributed by atoms with E-state index in [1.165, 1.54) is 0 Å². The van der Waals surface area contributed by atoms with E-state index in [4.69, 9.17) is 9.47 Å². The normalized spacial score (nSPS) is 11.3. The molecule has 0 aromatic heterocycles. The lowest BCUT2D eigenvalue weighted by atomic mass is 10.2. The highest BCUT2D eigenvalue weighted by molar-refractivity contribution is 5.96. The summed E-state index contributed by atoms with van der Waals surface area (Å²) in [7, 11) is 0. The molecule has 1 atom stereocenters. The van der Waals surface area contributed by atoms with Crippen molar-refractivity contribution in [2.75, 3.05) is 17.2 Å². The number of ether oxygens (including phenoxy) is 2. The first-order valence-corrected chi connectivity index (χ1v) is 9.61. The van der Waals surface area contributed by atoms with E-state index in [1.807, 2.05) is 49.4 Å². The summed E-state index contributed by atoms with van der Waals surface area (Å²) in [6.07, 6.45) is -0.677. The van der Waals surface area contributed by atoms with Crippen molar-refractivity contribution < 1.29 is 19.1 Å². The predicted molar refractivity (Wildman–Crippen MR) is 117 cm³/mol. The van der Waals surface area contributed by atoms with Crippen LogP contribution in [0, 0.1) is 6.92 Å². The Hall–Kier alpha value is -3.80. The Labute approximate surface area is 175 Å². The summed E-state index contributed by atoms with van der Waals surface area (Å²) in [4.78, 5) is 24.6.